The zero-order valence-corrected chi connectivity index (χ0v) is 25.7. The number of phenolic OH excluding ortho intramolecular Hbond substituents is 1. The summed E-state index contributed by atoms with van der Waals surface area (Å²) in [7, 11) is 0. The van der Waals surface area contributed by atoms with E-state index in [2.05, 4.69) is 23.6 Å². The van der Waals surface area contributed by atoms with Gasteiger partial charge in [-0.05, 0) is 62.6 Å². The summed E-state index contributed by atoms with van der Waals surface area (Å²) in [4.78, 5) is 19.4. The fraction of sp³-hybridized carbons (Fsp3) is 0.552. The second-order valence-electron chi connectivity index (χ2n) is 11.0. The third-order valence-electron chi connectivity index (χ3n) is 7.93. The monoisotopic (exact) mass is 659 g/mol. The Balaban J connectivity index is 0.00000323. The van der Waals surface area contributed by atoms with E-state index in [1.165, 1.54) is 4.90 Å². The summed E-state index contributed by atoms with van der Waals surface area (Å²) in [5, 5.41) is 10.2. The van der Waals surface area contributed by atoms with E-state index in [0.29, 0.717) is 56.1 Å². The molecular formula is C29H37Cl2F6N3O3. The van der Waals surface area contributed by atoms with Gasteiger partial charge < -0.3 is 14.7 Å². The SMILES string of the molecule is Cc1ccc(C[C@@H]2CN(CCN3C(C)COCC3C)CCN2C(=O)c2cc(C(F)(F)F)cc(C(F)(F)F)c2)cc1O.Cl.Cl. The molecule has 0 spiro atoms. The molecule has 2 saturated heterocycles. The highest BCUT2D eigenvalue weighted by Gasteiger charge is 2.39. The van der Waals surface area contributed by atoms with Gasteiger partial charge in [-0.1, -0.05) is 12.1 Å². The number of amides is 1. The first-order valence-electron chi connectivity index (χ1n) is 13.6. The first-order valence-corrected chi connectivity index (χ1v) is 13.6. The Labute approximate surface area is 259 Å². The Kier molecular flexibility index (Phi) is 12.6. The molecule has 43 heavy (non-hydrogen) atoms. The molecule has 1 N–H and O–H groups in total. The van der Waals surface area contributed by atoms with Gasteiger partial charge in [0.15, 0.2) is 0 Å². The van der Waals surface area contributed by atoms with E-state index >= 15 is 0 Å². The molecule has 2 unspecified atom stereocenters. The van der Waals surface area contributed by atoms with Crippen molar-refractivity contribution in [2.24, 2.45) is 0 Å². The van der Waals surface area contributed by atoms with Crippen molar-refractivity contribution in [2.45, 2.75) is 57.7 Å². The fourth-order valence-electron chi connectivity index (χ4n) is 5.60. The van der Waals surface area contributed by atoms with Crippen LogP contribution in [-0.4, -0.2) is 89.8 Å². The van der Waals surface area contributed by atoms with E-state index < -0.39 is 41.0 Å². The second-order valence-corrected chi connectivity index (χ2v) is 11.0. The van der Waals surface area contributed by atoms with Crippen LogP contribution >= 0.6 is 24.8 Å². The number of alkyl halides is 6. The molecule has 4 rings (SSSR count). The average molecular weight is 661 g/mol. The molecule has 2 aromatic carbocycles. The summed E-state index contributed by atoms with van der Waals surface area (Å²) in [5.41, 5.74) is -2.35. The van der Waals surface area contributed by atoms with E-state index in [9.17, 15) is 36.2 Å². The molecule has 2 aliphatic heterocycles. The van der Waals surface area contributed by atoms with E-state index in [4.69, 9.17) is 4.74 Å². The Morgan fingerprint density at radius 1 is 0.907 bits per heavy atom. The number of hydrogen-bond acceptors (Lipinski definition) is 5. The van der Waals surface area contributed by atoms with Gasteiger partial charge in [-0.25, -0.2) is 0 Å². The van der Waals surface area contributed by atoms with Gasteiger partial charge in [0.05, 0.1) is 24.3 Å². The highest BCUT2D eigenvalue weighted by atomic mass is 35.5. The summed E-state index contributed by atoms with van der Waals surface area (Å²) in [6.07, 6.45) is -9.84. The summed E-state index contributed by atoms with van der Waals surface area (Å²) in [5.74, 6) is -0.825. The zero-order chi connectivity index (χ0) is 30.1. The molecule has 2 heterocycles. The van der Waals surface area contributed by atoms with Crippen LogP contribution in [0.4, 0.5) is 26.3 Å². The van der Waals surface area contributed by atoms with Crippen LogP contribution in [0.25, 0.3) is 0 Å². The van der Waals surface area contributed by atoms with Crippen LogP contribution in [0.1, 0.15) is 46.5 Å². The molecule has 14 heteroatoms. The molecule has 1 amide bonds. The van der Waals surface area contributed by atoms with E-state index in [1.807, 2.05) is 0 Å². The molecule has 2 aromatic rings. The Morgan fingerprint density at radius 2 is 1.49 bits per heavy atom. The number of aryl methyl sites for hydroxylation is 1. The van der Waals surface area contributed by atoms with Crippen LogP contribution < -0.4 is 0 Å². The van der Waals surface area contributed by atoms with Crippen LogP contribution in [-0.2, 0) is 23.5 Å². The van der Waals surface area contributed by atoms with Crippen molar-refractivity contribution in [1.29, 1.82) is 0 Å². The van der Waals surface area contributed by atoms with E-state index in [0.717, 1.165) is 6.54 Å². The maximum absolute atomic E-state index is 13.6. The number of halogens is 8. The lowest BCUT2D eigenvalue weighted by molar-refractivity contribution is -0.143. The summed E-state index contributed by atoms with van der Waals surface area (Å²) in [6.45, 7) is 9.51. The third kappa shape index (κ3) is 9.13. The highest BCUT2D eigenvalue weighted by Crippen LogP contribution is 2.37. The number of carbonyl (C=O) groups is 1. The lowest BCUT2D eigenvalue weighted by atomic mass is 9.98. The van der Waals surface area contributed by atoms with Gasteiger partial charge in [0.2, 0.25) is 0 Å². The van der Waals surface area contributed by atoms with Crippen molar-refractivity contribution in [1.82, 2.24) is 14.7 Å². The van der Waals surface area contributed by atoms with Gasteiger partial charge in [0, 0.05) is 56.4 Å². The molecule has 0 aliphatic carbocycles. The molecular weight excluding hydrogens is 623 g/mol. The van der Waals surface area contributed by atoms with Crippen molar-refractivity contribution in [2.75, 3.05) is 45.9 Å². The number of morpholine rings is 1. The predicted octanol–water partition coefficient (Wildman–Crippen LogP) is 6.06. The van der Waals surface area contributed by atoms with Crippen molar-refractivity contribution in [3.63, 3.8) is 0 Å². The number of aromatic hydroxyl groups is 1. The number of hydrogen-bond donors (Lipinski definition) is 1. The maximum Gasteiger partial charge on any atom is 0.416 e. The minimum absolute atomic E-state index is 0. The number of piperazine rings is 1. The molecule has 0 aromatic heterocycles. The molecule has 0 saturated carbocycles. The number of phenols is 1. The Hall–Kier alpha value is -2.25. The number of rotatable bonds is 6. The zero-order valence-electron chi connectivity index (χ0n) is 24.0. The summed E-state index contributed by atoms with van der Waals surface area (Å²) in [6, 6.07) is 6.01. The molecule has 242 valence electrons. The maximum atomic E-state index is 13.6. The van der Waals surface area contributed by atoms with Crippen molar-refractivity contribution in [3.05, 3.63) is 64.2 Å². The van der Waals surface area contributed by atoms with Gasteiger partial charge in [0.25, 0.3) is 5.91 Å². The van der Waals surface area contributed by atoms with E-state index in [-0.39, 0.29) is 61.7 Å². The van der Waals surface area contributed by atoms with Crippen LogP contribution in [0.15, 0.2) is 36.4 Å². The lowest BCUT2D eigenvalue weighted by Crippen LogP contribution is -2.58. The fourth-order valence-corrected chi connectivity index (χ4v) is 5.60. The van der Waals surface area contributed by atoms with Gasteiger partial charge >= 0.3 is 12.4 Å². The average Bonchev–Trinajstić information content (AvgIpc) is 2.89. The van der Waals surface area contributed by atoms with Crippen LogP contribution in [0.3, 0.4) is 0 Å². The topological polar surface area (TPSA) is 56.2 Å². The summed E-state index contributed by atoms with van der Waals surface area (Å²) < 4.78 is 86.5. The quantitative estimate of drug-likeness (QED) is 0.382. The normalized spacial score (nSPS) is 22.1. The smallest absolute Gasteiger partial charge is 0.416 e. The first kappa shape index (κ1) is 36.9. The Morgan fingerprint density at radius 3 is 2.02 bits per heavy atom. The summed E-state index contributed by atoms with van der Waals surface area (Å²) >= 11 is 0. The van der Waals surface area contributed by atoms with Gasteiger partial charge in [-0.15, -0.1) is 24.8 Å². The molecule has 0 bridgehead atoms. The molecule has 2 fully saturated rings. The molecule has 6 nitrogen and oxygen atoms in total. The van der Waals surface area contributed by atoms with Crippen LogP contribution in [0.5, 0.6) is 5.75 Å². The van der Waals surface area contributed by atoms with Crippen LogP contribution in [0.2, 0.25) is 0 Å². The Bertz CT molecular complexity index is 1200. The molecule has 0 radical (unpaired) electrons. The van der Waals surface area contributed by atoms with E-state index in [1.54, 1.807) is 25.1 Å². The second kappa shape index (κ2) is 14.7. The number of ether oxygens (including phenoxy) is 1. The highest BCUT2D eigenvalue weighted by molar-refractivity contribution is 5.95. The minimum atomic E-state index is -5.05. The largest absolute Gasteiger partial charge is 0.508 e. The van der Waals surface area contributed by atoms with Crippen molar-refractivity contribution in [3.8, 4) is 5.75 Å². The standard InChI is InChI=1S/C29H35F6N3O3.2ClH/c1-18-4-5-21(11-26(18)39)10-25-15-36(6-8-37-19(2)16-41-17-20(37)3)7-9-38(25)27(40)22-12-23(28(30,31)32)14-24(13-22)29(33,34)35;;/h4-5,11-14,19-20,25,39H,6-10,15-17H2,1-3H3;2*1H/t19?,20?,25-;;/m1../s1. The number of benzene rings is 2. The van der Waals surface area contributed by atoms with Gasteiger partial charge in [-0.3, -0.25) is 14.6 Å². The predicted molar refractivity (Wildman–Crippen MR) is 155 cm³/mol. The number of carbonyl (C=O) groups excluding carboxylic acids is 1. The number of nitrogens with zero attached hydrogens (tertiary/aromatic N) is 3. The first-order chi connectivity index (χ1) is 19.1. The van der Waals surface area contributed by atoms with Crippen LogP contribution in [0, 0.1) is 6.92 Å². The van der Waals surface area contributed by atoms with Crippen molar-refractivity contribution >= 4 is 30.7 Å². The van der Waals surface area contributed by atoms with Crippen molar-refractivity contribution < 1.29 is 41.0 Å². The van der Waals surface area contributed by atoms with Gasteiger partial charge in [-0.2, -0.15) is 26.3 Å². The third-order valence-corrected chi connectivity index (χ3v) is 7.93. The molecule has 2 aliphatic rings. The molecule has 3 atom stereocenters. The minimum Gasteiger partial charge on any atom is -0.508 e. The van der Waals surface area contributed by atoms with Gasteiger partial charge in [0.1, 0.15) is 5.75 Å². The lowest BCUT2D eigenvalue weighted by Gasteiger charge is -2.44.